The molecule has 0 aliphatic heterocycles. The zero-order valence-electron chi connectivity index (χ0n) is 14.7. The highest BCUT2D eigenvalue weighted by atomic mass is 35.5. The van der Waals surface area contributed by atoms with Crippen LogP contribution >= 0.6 is 11.6 Å². The number of carbonyl (C=O) groups excluding carboxylic acids is 1. The molecule has 1 aromatic rings. The van der Waals surface area contributed by atoms with Gasteiger partial charge in [0.1, 0.15) is 5.75 Å². The van der Waals surface area contributed by atoms with Gasteiger partial charge in [-0.3, -0.25) is 4.79 Å². The Labute approximate surface area is 150 Å². The van der Waals surface area contributed by atoms with Crippen LogP contribution in [0.3, 0.4) is 0 Å². The van der Waals surface area contributed by atoms with Crippen LogP contribution in [0, 0.1) is 0 Å². The number of rotatable bonds is 10. The lowest BCUT2D eigenvalue weighted by Crippen LogP contribution is -2.37. The first-order chi connectivity index (χ1) is 11.3. The lowest BCUT2D eigenvalue weighted by molar-refractivity contribution is -0.119. The van der Waals surface area contributed by atoms with E-state index in [2.05, 4.69) is 12.2 Å². The van der Waals surface area contributed by atoms with E-state index >= 15 is 0 Å². The van der Waals surface area contributed by atoms with Gasteiger partial charge in [0.05, 0.1) is 5.25 Å². The Morgan fingerprint density at radius 1 is 1.17 bits per heavy atom. The number of hydrogen-bond donors (Lipinski definition) is 1. The van der Waals surface area contributed by atoms with E-state index in [-0.39, 0.29) is 6.04 Å². The Morgan fingerprint density at radius 3 is 2.46 bits per heavy atom. The molecule has 136 valence electrons. The summed E-state index contributed by atoms with van der Waals surface area (Å²) in [5, 5.41) is 2.38. The molecule has 0 heterocycles. The van der Waals surface area contributed by atoms with Gasteiger partial charge >= 0.3 is 0 Å². The third-order valence-corrected chi connectivity index (χ3v) is 6.45. The van der Waals surface area contributed by atoms with Gasteiger partial charge in [0.15, 0.2) is 9.84 Å². The summed E-state index contributed by atoms with van der Waals surface area (Å²) in [6.45, 7) is 5.63. The molecule has 0 aromatic heterocycles. The number of nitrogens with one attached hydrogen (secondary N) is 1. The molecule has 1 aromatic carbocycles. The van der Waals surface area contributed by atoms with Crippen molar-refractivity contribution in [3.63, 3.8) is 0 Å². The van der Waals surface area contributed by atoms with Crippen molar-refractivity contribution < 1.29 is 13.2 Å². The molecule has 4 nitrogen and oxygen atoms in total. The number of unbranched alkanes of at least 4 members (excludes halogenated alkanes) is 3. The van der Waals surface area contributed by atoms with Crippen LogP contribution in [0.4, 0.5) is 0 Å². The van der Waals surface area contributed by atoms with E-state index in [0.29, 0.717) is 10.6 Å². The van der Waals surface area contributed by atoms with E-state index in [1.165, 1.54) is 12.8 Å². The minimum Gasteiger partial charge on any atom is -0.353 e. The second-order valence-corrected chi connectivity index (χ2v) is 9.02. The van der Waals surface area contributed by atoms with Crippen LogP contribution in [0.15, 0.2) is 24.3 Å². The summed E-state index contributed by atoms with van der Waals surface area (Å²) in [6.07, 6.45) is 5.39. The third kappa shape index (κ3) is 6.81. The van der Waals surface area contributed by atoms with Crippen molar-refractivity contribution in [2.45, 2.75) is 64.2 Å². The lowest BCUT2D eigenvalue weighted by Gasteiger charge is -2.17. The van der Waals surface area contributed by atoms with Crippen LogP contribution in [0.2, 0.25) is 5.02 Å². The van der Waals surface area contributed by atoms with Crippen LogP contribution in [0.25, 0.3) is 0 Å². The molecule has 1 N–H and O–H groups in total. The topological polar surface area (TPSA) is 63.2 Å². The highest BCUT2D eigenvalue weighted by molar-refractivity contribution is 7.92. The smallest absolute Gasteiger partial charge is 0.235 e. The van der Waals surface area contributed by atoms with Gasteiger partial charge in [-0.15, -0.1) is 0 Å². The second kappa shape index (κ2) is 10.0. The molecule has 0 aliphatic carbocycles. The number of sulfone groups is 1. The zero-order valence-corrected chi connectivity index (χ0v) is 16.3. The van der Waals surface area contributed by atoms with Gasteiger partial charge in [-0.25, -0.2) is 8.42 Å². The maximum Gasteiger partial charge on any atom is 0.235 e. The predicted molar refractivity (Wildman–Crippen MR) is 100 cm³/mol. The molecule has 24 heavy (non-hydrogen) atoms. The number of hydrogen-bond acceptors (Lipinski definition) is 3. The molecule has 1 amide bonds. The fourth-order valence-corrected chi connectivity index (χ4v) is 4.23. The van der Waals surface area contributed by atoms with Crippen LogP contribution < -0.4 is 5.32 Å². The maximum absolute atomic E-state index is 12.5. The largest absolute Gasteiger partial charge is 0.353 e. The first-order valence-electron chi connectivity index (χ1n) is 8.53. The van der Waals surface area contributed by atoms with Crippen molar-refractivity contribution in [1.29, 1.82) is 0 Å². The lowest BCUT2D eigenvalue weighted by atomic mass is 10.1. The molecule has 0 fully saturated rings. The fourth-order valence-electron chi connectivity index (χ4n) is 2.57. The number of benzene rings is 1. The molecule has 1 rings (SSSR count). The van der Waals surface area contributed by atoms with Gasteiger partial charge in [-0.2, -0.15) is 0 Å². The molecule has 6 heteroatoms. The summed E-state index contributed by atoms with van der Waals surface area (Å²) in [4.78, 5) is 12.1. The highest BCUT2D eigenvalue weighted by Crippen LogP contribution is 2.28. The van der Waals surface area contributed by atoms with Gasteiger partial charge in [0.2, 0.25) is 5.91 Å². The van der Waals surface area contributed by atoms with E-state index in [4.69, 9.17) is 11.6 Å². The first-order valence-corrected chi connectivity index (χ1v) is 10.6. The minimum absolute atomic E-state index is 0.0137. The van der Waals surface area contributed by atoms with Crippen LogP contribution in [0.1, 0.15) is 63.7 Å². The molecule has 0 radical (unpaired) electrons. The average molecular weight is 374 g/mol. The van der Waals surface area contributed by atoms with Crippen LogP contribution in [-0.4, -0.2) is 26.1 Å². The summed E-state index contributed by atoms with van der Waals surface area (Å²) in [5.74, 6) is -0.963. The van der Waals surface area contributed by atoms with E-state index in [1.54, 1.807) is 31.2 Å². The highest BCUT2D eigenvalue weighted by Gasteiger charge is 2.27. The normalized spacial score (nSPS) is 14.2. The molecule has 0 unspecified atom stereocenters. The quantitative estimate of drug-likeness (QED) is 0.622. The van der Waals surface area contributed by atoms with E-state index in [9.17, 15) is 13.2 Å². The Hall–Kier alpha value is -1.07. The zero-order chi connectivity index (χ0) is 18.2. The Bertz CT molecular complexity index is 631. The monoisotopic (exact) mass is 373 g/mol. The van der Waals surface area contributed by atoms with Gasteiger partial charge in [-0.05, 0) is 31.9 Å². The summed E-state index contributed by atoms with van der Waals surface area (Å²) < 4.78 is 24.9. The van der Waals surface area contributed by atoms with Crippen molar-refractivity contribution >= 4 is 27.3 Å². The Morgan fingerprint density at radius 2 is 1.83 bits per heavy atom. The van der Waals surface area contributed by atoms with Crippen molar-refractivity contribution in [1.82, 2.24) is 5.32 Å². The summed E-state index contributed by atoms with van der Waals surface area (Å²) in [5.41, 5.74) is 0.527. The van der Waals surface area contributed by atoms with E-state index in [1.807, 2.05) is 6.92 Å². The van der Waals surface area contributed by atoms with Crippen molar-refractivity contribution in [3.05, 3.63) is 34.9 Å². The Balaban J connectivity index is 2.57. The summed E-state index contributed by atoms with van der Waals surface area (Å²) in [7, 11) is -3.61. The molecule has 0 saturated heterocycles. The van der Waals surface area contributed by atoms with Crippen molar-refractivity contribution in [2.75, 3.05) is 5.75 Å². The molecule has 0 saturated carbocycles. The Kier molecular flexibility index (Phi) is 8.78. The SMILES string of the molecule is CCCCCC[C@H](C)NC(=O)CS(=O)(=O)[C@@H](C)c1ccccc1Cl. The number of halogens is 1. The number of carbonyl (C=O) groups is 1. The second-order valence-electron chi connectivity index (χ2n) is 6.29. The summed E-state index contributed by atoms with van der Waals surface area (Å²) in [6, 6.07) is 6.81. The third-order valence-electron chi connectivity index (χ3n) is 4.11. The van der Waals surface area contributed by atoms with Crippen molar-refractivity contribution in [3.8, 4) is 0 Å². The molecule has 0 bridgehead atoms. The maximum atomic E-state index is 12.5. The summed E-state index contributed by atoms with van der Waals surface area (Å²) >= 11 is 6.06. The van der Waals surface area contributed by atoms with E-state index in [0.717, 1.165) is 19.3 Å². The fraction of sp³-hybridized carbons (Fsp3) is 0.611. The average Bonchev–Trinajstić information content (AvgIpc) is 2.50. The van der Waals surface area contributed by atoms with Crippen LogP contribution in [-0.2, 0) is 14.6 Å². The molecule has 0 aliphatic rings. The molecular formula is C18H28ClNO3S. The van der Waals surface area contributed by atoms with Crippen molar-refractivity contribution in [2.24, 2.45) is 0 Å². The van der Waals surface area contributed by atoms with E-state index < -0.39 is 26.7 Å². The molecular weight excluding hydrogens is 346 g/mol. The number of amides is 1. The standard InChI is InChI=1S/C18H28ClNO3S/c1-4-5-6-7-10-14(2)20-18(21)13-24(22,23)15(3)16-11-8-9-12-17(16)19/h8-9,11-12,14-15H,4-7,10,13H2,1-3H3,(H,20,21)/t14-,15-/m0/s1. The molecule has 0 spiro atoms. The van der Waals surface area contributed by atoms with Gasteiger partial charge in [0.25, 0.3) is 0 Å². The minimum atomic E-state index is -3.61. The molecule has 2 atom stereocenters. The van der Waals surface area contributed by atoms with Crippen LogP contribution in [0.5, 0.6) is 0 Å². The van der Waals surface area contributed by atoms with Gasteiger partial charge < -0.3 is 5.32 Å². The first kappa shape index (κ1) is 21.0. The predicted octanol–water partition coefficient (Wildman–Crippen LogP) is 4.29. The van der Waals surface area contributed by atoms with Gasteiger partial charge in [-0.1, -0.05) is 62.4 Å². The van der Waals surface area contributed by atoms with Gasteiger partial charge in [0, 0.05) is 11.1 Å².